The third kappa shape index (κ3) is 3.35. The van der Waals surface area contributed by atoms with Gasteiger partial charge in [-0.25, -0.2) is 9.97 Å². The van der Waals surface area contributed by atoms with Crippen LogP contribution in [0.2, 0.25) is 0 Å². The van der Waals surface area contributed by atoms with E-state index in [0.29, 0.717) is 6.04 Å². The predicted molar refractivity (Wildman–Crippen MR) is 79.9 cm³/mol. The Morgan fingerprint density at radius 1 is 1.16 bits per heavy atom. The van der Waals surface area contributed by atoms with Crippen LogP contribution < -0.4 is 15.1 Å². The third-order valence-electron chi connectivity index (χ3n) is 3.94. The van der Waals surface area contributed by atoms with Crippen molar-refractivity contribution in [2.24, 2.45) is 0 Å². The van der Waals surface area contributed by atoms with Crippen molar-refractivity contribution < 1.29 is 0 Å². The van der Waals surface area contributed by atoms with E-state index in [4.69, 9.17) is 0 Å². The second-order valence-corrected chi connectivity index (χ2v) is 5.00. The molecule has 1 N–H and O–H groups in total. The smallest absolute Gasteiger partial charge is 0.134 e. The van der Waals surface area contributed by atoms with Crippen LogP contribution in [0.15, 0.2) is 12.4 Å². The predicted octanol–water partition coefficient (Wildman–Crippen LogP) is 1.51. The van der Waals surface area contributed by atoms with Crippen molar-refractivity contribution in [2.45, 2.75) is 32.7 Å². The lowest BCUT2D eigenvalue weighted by Gasteiger charge is -2.33. The summed E-state index contributed by atoms with van der Waals surface area (Å²) in [6, 6.07) is 2.69. The fourth-order valence-corrected chi connectivity index (χ4v) is 2.63. The van der Waals surface area contributed by atoms with Crippen molar-refractivity contribution in [2.75, 3.05) is 43.0 Å². The van der Waals surface area contributed by atoms with Crippen molar-refractivity contribution in [3.05, 3.63) is 12.4 Å². The highest BCUT2D eigenvalue weighted by molar-refractivity contribution is 5.50. The molecule has 1 saturated heterocycles. The summed E-state index contributed by atoms with van der Waals surface area (Å²) >= 11 is 0. The number of rotatable bonds is 5. The molecule has 0 aliphatic carbocycles. The van der Waals surface area contributed by atoms with E-state index >= 15 is 0 Å². The summed E-state index contributed by atoms with van der Waals surface area (Å²) in [5.41, 5.74) is 0. The fourth-order valence-electron chi connectivity index (χ4n) is 2.63. The lowest BCUT2D eigenvalue weighted by atomic mass is 10.1. The summed E-state index contributed by atoms with van der Waals surface area (Å²) in [5, 5.41) is 3.40. The lowest BCUT2D eigenvalue weighted by Crippen LogP contribution is -2.41. The molecule has 2 heterocycles. The molecule has 0 radical (unpaired) electrons. The molecule has 0 amide bonds. The molecule has 0 unspecified atom stereocenters. The largest absolute Gasteiger partial charge is 0.357 e. The Morgan fingerprint density at radius 3 is 2.42 bits per heavy atom. The Kier molecular flexibility index (Phi) is 4.96. The summed E-state index contributed by atoms with van der Waals surface area (Å²) in [6.07, 6.45) is 4.04. The number of aromatic nitrogens is 2. The maximum absolute atomic E-state index is 4.43. The summed E-state index contributed by atoms with van der Waals surface area (Å²) in [6.45, 7) is 8.46. The minimum atomic E-state index is 0.584. The van der Waals surface area contributed by atoms with Gasteiger partial charge in [-0.2, -0.15) is 0 Å². The minimum absolute atomic E-state index is 0.584. The average molecular weight is 263 g/mol. The maximum Gasteiger partial charge on any atom is 0.134 e. The zero-order valence-electron chi connectivity index (χ0n) is 12.3. The Hall–Kier alpha value is -1.36. The fraction of sp³-hybridized carbons (Fsp3) is 0.714. The third-order valence-corrected chi connectivity index (χ3v) is 3.94. The minimum Gasteiger partial charge on any atom is -0.357 e. The molecule has 5 heteroatoms. The Morgan fingerprint density at radius 2 is 1.79 bits per heavy atom. The standard InChI is InChI=1S/C14H25N5/c1-4-19(5-2)14-10-13(16-11-17-14)18(3)12-6-8-15-9-7-12/h10-12,15H,4-9H2,1-3H3. The SMILES string of the molecule is CCN(CC)c1cc(N(C)C2CCNCC2)ncn1. The highest BCUT2D eigenvalue weighted by atomic mass is 15.2. The van der Waals surface area contributed by atoms with Crippen molar-refractivity contribution in [3.8, 4) is 0 Å². The number of nitrogens with zero attached hydrogens (tertiary/aromatic N) is 4. The van der Waals surface area contributed by atoms with E-state index < -0.39 is 0 Å². The number of nitrogens with one attached hydrogen (secondary N) is 1. The lowest BCUT2D eigenvalue weighted by molar-refractivity contribution is 0.441. The summed E-state index contributed by atoms with van der Waals surface area (Å²) < 4.78 is 0. The first-order valence-electron chi connectivity index (χ1n) is 7.26. The van der Waals surface area contributed by atoms with E-state index in [2.05, 4.69) is 52.0 Å². The molecule has 1 aromatic heterocycles. The molecular formula is C14H25N5. The molecule has 0 aromatic carbocycles. The molecule has 19 heavy (non-hydrogen) atoms. The maximum atomic E-state index is 4.43. The van der Waals surface area contributed by atoms with Crippen molar-refractivity contribution >= 4 is 11.6 Å². The number of piperidine rings is 1. The van der Waals surface area contributed by atoms with Gasteiger partial charge in [0.1, 0.15) is 18.0 Å². The average Bonchev–Trinajstić information content (AvgIpc) is 2.49. The first kappa shape index (κ1) is 14.1. The highest BCUT2D eigenvalue weighted by Crippen LogP contribution is 2.21. The van der Waals surface area contributed by atoms with Gasteiger partial charge in [-0.1, -0.05) is 0 Å². The van der Waals surface area contributed by atoms with Crippen LogP contribution >= 0.6 is 0 Å². The second-order valence-electron chi connectivity index (χ2n) is 5.00. The van der Waals surface area contributed by atoms with Crippen LogP contribution in [0.4, 0.5) is 11.6 Å². The van der Waals surface area contributed by atoms with E-state index in [1.807, 2.05) is 0 Å². The number of hydrogen-bond donors (Lipinski definition) is 1. The summed E-state index contributed by atoms with van der Waals surface area (Å²) in [5.74, 6) is 2.06. The van der Waals surface area contributed by atoms with E-state index in [9.17, 15) is 0 Å². The first-order valence-corrected chi connectivity index (χ1v) is 7.26. The van der Waals surface area contributed by atoms with Crippen LogP contribution in [-0.4, -0.2) is 49.2 Å². The van der Waals surface area contributed by atoms with Crippen molar-refractivity contribution in [1.82, 2.24) is 15.3 Å². The Labute approximate surface area is 116 Å². The Balaban J connectivity index is 2.12. The van der Waals surface area contributed by atoms with Gasteiger partial charge in [-0.3, -0.25) is 0 Å². The zero-order chi connectivity index (χ0) is 13.7. The van der Waals surface area contributed by atoms with Crippen LogP contribution in [0, 0.1) is 0 Å². The van der Waals surface area contributed by atoms with Gasteiger partial charge >= 0.3 is 0 Å². The Bertz CT molecular complexity index is 385. The number of anilines is 2. The van der Waals surface area contributed by atoms with Gasteiger partial charge in [-0.15, -0.1) is 0 Å². The summed E-state index contributed by atoms with van der Waals surface area (Å²) in [7, 11) is 2.14. The molecule has 1 fully saturated rings. The van der Waals surface area contributed by atoms with E-state index in [1.165, 1.54) is 12.8 Å². The van der Waals surface area contributed by atoms with Gasteiger partial charge < -0.3 is 15.1 Å². The normalized spacial score (nSPS) is 16.4. The molecule has 0 atom stereocenters. The molecule has 1 aliphatic heterocycles. The number of hydrogen-bond acceptors (Lipinski definition) is 5. The molecule has 2 rings (SSSR count). The van der Waals surface area contributed by atoms with E-state index in [-0.39, 0.29) is 0 Å². The zero-order valence-corrected chi connectivity index (χ0v) is 12.3. The van der Waals surface area contributed by atoms with Gasteiger partial charge in [0.05, 0.1) is 0 Å². The molecule has 1 aliphatic rings. The van der Waals surface area contributed by atoms with Gasteiger partial charge in [0.15, 0.2) is 0 Å². The van der Waals surface area contributed by atoms with Crippen LogP contribution in [0.3, 0.4) is 0 Å². The van der Waals surface area contributed by atoms with E-state index in [1.54, 1.807) is 6.33 Å². The molecule has 0 bridgehead atoms. The van der Waals surface area contributed by atoms with Crippen molar-refractivity contribution in [1.29, 1.82) is 0 Å². The van der Waals surface area contributed by atoms with Crippen LogP contribution in [0.1, 0.15) is 26.7 Å². The molecule has 0 spiro atoms. The van der Waals surface area contributed by atoms with Gasteiger partial charge in [-0.05, 0) is 39.8 Å². The molecule has 5 nitrogen and oxygen atoms in total. The van der Waals surface area contributed by atoms with Crippen LogP contribution in [0.25, 0.3) is 0 Å². The van der Waals surface area contributed by atoms with Gasteiger partial charge in [0.25, 0.3) is 0 Å². The molecule has 106 valence electrons. The van der Waals surface area contributed by atoms with Crippen LogP contribution in [0.5, 0.6) is 0 Å². The highest BCUT2D eigenvalue weighted by Gasteiger charge is 2.19. The van der Waals surface area contributed by atoms with Crippen molar-refractivity contribution in [3.63, 3.8) is 0 Å². The quantitative estimate of drug-likeness (QED) is 0.872. The van der Waals surface area contributed by atoms with Crippen LogP contribution in [-0.2, 0) is 0 Å². The molecule has 0 saturated carbocycles. The van der Waals surface area contributed by atoms with Gasteiger partial charge in [0, 0.05) is 32.2 Å². The summed E-state index contributed by atoms with van der Waals surface area (Å²) in [4.78, 5) is 13.4. The van der Waals surface area contributed by atoms with Gasteiger partial charge in [0.2, 0.25) is 0 Å². The second kappa shape index (κ2) is 6.70. The first-order chi connectivity index (χ1) is 9.26. The van der Waals surface area contributed by atoms with E-state index in [0.717, 1.165) is 37.8 Å². The topological polar surface area (TPSA) is 44.3 Å². The molecule has 1 aromatic rings. The monoisotopic (exact) mass is 263 g/mol. The molecular weight excluding hydrogens is 238 g/mol.